The molecule has 11 heteroatoms. The molecule has 0 spiro atoms. The van der Waals surface area contributed by atoms with Gasteiger partial charge >= 0.3 is 23.9 Å². The van der Waals surface area contributed by atoms with Crippen LogP contribution in [0.15, 0.2) is 0 Å². The van der Waals surface area contributed by atoms with Crippen molar-refractivity contribution < 1.29 is 49.1 Å². The van der Waals surface area contributed by atoms with E-state index in [1.165, 1.54) is 0 Å². The van der Waals surface area contributed by atoms with Crippen LogP contribution in [0.1, 0.15) is 13.3 Å². The Bertz CT molecular complexity index is 341. The van der Waals surface area contributed by atoms with Crippen molar-refractivity contribution in [2.75, 3.05) is 0 Å². The average molecular weight is 304 g/mol. The fraction of sp³-hybridized carbons (Fsp3) is 0.750. The van der Waals surface area contributed by atoms with Gasteiger partial charge in [0.1, 0.15) is 0 Å². The van der Waals surface area contributed by atoms with Gasteiger partial charge in [0.2, 0.25) is 11.6 Å². The molecule has 0 rings (SSSR count). The Hall–Kier alpha value is -1.29. The number of ketones is 2. The first-order valence-corrected chi connectivity index (χ1v) is 4.32. The predicted molar refractivity (Wildman–Crippen MR) is 41.2 cm³/mol. The second-order valence-corrected chi connectivity index (χ2v) is 3.56. The molecule has 0 amide bonds. The Kier molecular flexibility index (Phi) is 4.36. The van der Waals surface area contributed by atoms with Gasteiger partial charge in [-0.3, -0.25) is 9.59 Å². The van der Waals surface area contributed by atoms with Crippen molar-refractivity contribution in [3.05, 3.63) is 0 Å². The zero-order valence-corrected chi connectivity index (χ0v) is 8.93. The maximum Gasteiger partial charge on any atom is 0.461 e. The van der Waals surface area contributed by atoms with E-state index in [1.54, 1.807) is 0 Å². The van der Waals surface area contributed by atoms with Crippen LogP contribution in [0.25, 0.3) is 0 Å². The van der Waals surface area contributed by atoms with E-state index in [9.17, 15) is 49.1 Å². The number of hydrogen-bond acceptors (Lipinski definition) is 2. The molecule has 0 aromatic carbocycles. The van der Waals surface area contributed by atoms with Crippen molar-refractivity contribution in [1.29, 1.82) is 0 Å². The Morgan fingerprint density at radius 2 is 1.05 bits per heavy atom. The van der Waals surface area contributed by atoms with Crippen LogP contribution in [0.3, 0.4) is 0 Å². The predicted octanol–water partition coefficient (Wildman–Crippen LogP) is 3.00. The lowest BCUT2D eigenvalue weighted by Gasteiger charge is -2.23. The third kappa shape index (κ3) is 3.38. The molecule has 19 heavy (non-hydrogen) atoms. The number of rotatable bonds is 5. The van der Waals surface area contributed by atoms with Gasteiger partial charge in [-0.2, -0.15) is 39.5 Å². The monoisotopic (exact) mass is 304 g/mol. The van der Waals surface area contributed by atoms with Gasteiger partial charge in [0.05, 0.1) is 6.42 Å². The molecular weight excluding hydrogens is 299 g/mol. The van der Waals surface area contributed by atoms with Crippen LogP contribution in [0.5, 0.6) is 0 Å². The van der Waals surface area contributed by atoms with Gasteiger partial charge in [-0.1, -0.05) is 0 Å². The highest BCUT2D eigenvalue weighted by atomic mass is 19.4. The Balaban J connectivity index is 5.11. The minimum Gasteiger partial charge on any atom is -0.292 e. The number of Topliss-reactive ketones (excluding diaryl/α,β-unsaturated/α-hetero) is 2. The minimum absolute atomic E-state index is 0.447. The summed E-state index contributed by atoms with van der Waals surface area (Å²) in [6.07, 6.45) is -9.07. The molecule has 112 valence electrons. The van der Waals surface area contributed by atoms with E-state index in [2.05, 4.69) is 0 Å². The molecule has 0 aliphatic carbocycles. The van der Waals surface area contributed by atoms with Gasteiger partial charge in [-0.15, -0.1) is 0 Å². The van der Waals surface area contributed by atoms with E-state index < -0.39 is 48.9 Å². The zero-order chi connectivity index (χ0) is 15.9. The van der Waals surface area contributed by atoms with Crippen LogP contribution < -0.4 is 0 Å². The topological polar surface area (TPSA) is 34.1 Å². The van der Waals surface area contributed by atoms with E-state index in [0.717, 1.165) is 0 Å². The molecule has 0 aromatic heterocycles. The van der Waals surface area contributed by atoms with Crippen molar-refractivity contribution in [2.24, 2.45) is 0 Å². The fourth-order valence-electron chi connectivity index (χ4n) is 0.771. The first-order chi connectivity index (χ1) is 8.05. The summed E-state index contributed by atoms with van der Waals surface area (Å²) < 4.78 is 109. The van der Waals surface area contributed by atoms with Crippen LogP contribution in [-0.4, -0.2) is 35.5 Å². The third-order valence-corrected chi connectivity index (χ3v) is 1.93. The molecule has 0 saturated carbocycles. The van der Waals surface area contributed by atoms with E-state index >= 15 is 0 Å². The van der Waals surface area contributed by atoms with Crippen LogP contribution in [-0.2, 0) is 9.59 Å². The molecular formula is C8H5F9O2. The lowest BCUT2D eigenvalue weighted by molar-refractivity contribution is -0.268. The Labute approximate surface area is 99.1 Å². The van der Waals surface area contributed by atoms with Crippen molar-refractivity contribution >= 4 is 11.6 Å². The van der Waals surface area contributed by atoms with Crippen LogP contribution >= 0.6 is 0 Å². The summed E-state index contributed by atoms with van der Waals surface area (Å²) in [5, 5.41) is 0. The number of carbonyl (C=O) groups is 2. The van der Waals surface area contributed by atoms with Crippen molar-refractivity contribution in [3.63, 3.8) is 0 Å². The Morgan fingerprint density at radius 3 is 1.32 bits per heavy atom. The highest BCUT2D eigenvalue weighted by molar-refractivity contribution is 6.05. The average Bonchev–Trinajstić information content (AvgIpc) is 2.13. The third-order valence-electron chi connectivity index (χ3n) is 1.93. The zero-order valence-electron chi connectivity index (χ0n) is 8.93. The molecule has 0 saturated heterocycles. The van der Waals surface area contributed by atoms with E-state index in [1.807, 2.05) is 0 Å². The van der Waals surface area contributed by atoms with Gasteiger partial charge in [0, 0.05) is 6.92 Å². The first-order valence-electron chi connectivity index (χ1n) is 4.32. The second-order valence-electron chi connectivity index (χ2n) is 3.56. The number of halogens is 9. The van der Waals surface area contributed by atoms with Crippen molar-refractivity contribution in [3.8, 4) is 0 Å². The molecule has 0 radical (unpaired) electrons. The summed E-state index contributed by atoms with van der Waals surface area (Å²) in [4.78, 5) is 21.0. The van der Waals surface area contributed by atoms with E-state index in [0.29, 0.717) is 0 Å². The number of alkyl halides is 9. The molecule has 0 aromatic rings. The molecule has 2 nitrogen and oxygen atoms in total. The standard InChI is InChI=1S/C8H5F9O2/c1-5(9,10)6(11,12)3(18)2-4(19)7(13,14)8(15,16)17/h2H2,1H3. The van der Waals surface area contributed by atoms with E-state index in [4.69, 9.17) is 0 Å². The summed E-state index contributed by atoms with van der Waals surface area (Å²) in [5.41, 5.74) is 0. The molecule has 0 fully saturated rings. The van der Waals surface area contributed by atoms with Gasteiger partial charge in [-0.05, 0) is 0 Å². The van der Waals surface area contributed by atoms with E-state index in [-0.39, 0.29) is 0 Å². The quantitative estimate of drug-likeness (QED) is 0.578. The molecule has 0 unspecified atom stereocenters. The smallest absolute Gasteiger partial charge is 0.292 e. The van der Waals surface area contributed by atoms with Gasteiger partial charge in [0.15, 0.2) is 0 Å². The second kappa shape index (κ2) is 4.67. The summed E-state index contributed by atoms with van der Waals surface area (Å²) in [5.74, 6) is -22.8. The Morgan fingerprint density at radius 1 is 0.737 bits per heavy atom. The summed E-state index contributed by atoms with van der Waals surface area (Å²) in [6, 6.07) is 0. The SMILES string of the molecule is CC(F)(F)C(F)(F)C(=O)CC(=O)C(F)(F)C(F)(F)F. The maximum atomic E-state index is 12.6. The van der Waals surface area contributed by atoms with Crippen LogP contribution in [0.2, 0.25) is 0 Å². The number of carbonyl (C=O) groups excluding carboxylic acids is 2. The molecule has 0 atom stereocenters. The minimum atomic E-state index is -6.41. The van der Waals surface area contributed by atoms with Gasteiger partial charge in [-0.25, -0.2) is 0 Å². The van der Waals surface area contributed by atoms with Crippen molar-refractivity contribution in [2.45, 2.75) is 37.3 Å². The lowest BCUT2D eigenvalue weighted by Crippen LogP contribution is -2.49. The largest absolute Gasteiger partial charge is 0.461 e. The normalized spacial score (nSPS) is 14.4. The summed E-state index contributed by atoms with van der Waals surface area (Å²) in [7, 11) is 0. The highest BCUT2D eigenvalue weighted by Crippen LogP contribution is 2.39. The molecule has 0 N–H and O–H groups in total. The lowest BCUT2D eigenvalue weighted by atomic mass is 10.0. The molecule has 0 aliphatic rings. The van der Waals surface area contributed by atoms with Gasteiger partial charge in [0.25, 0.3) is 0 Å². The molecule has 0 bridgehead atoms. The van der Waals surface area contributed by atoms with Crippen LogP contribution in [0, 0.1) is 0 Å². The number of hydrogen-bond donors (Lipinski definition) is 0. The molecule has 0 aliphatic heterocycles. The highest BCUT2D eigenvalue weighted by Gasteiger charge is 2.65. The summed E-state index contributed by atoms with van der Waals surface area (Å²) >= 11 is 0. The maximum absolute atomic E-state index is 12.6. The first kappa shape index (κ1) is 17.7. The van der Waals surface area contributed by atoms with Crippen LogP contribution in [0.4, 0.5) is 39.5 Å². The van der Waals surface area contributed by atoms with Crippen molar-refractivity contribution in [1.82, 2.24) is 0 Å². The fourth-order valence-corrected chi connectivity index (χ4v) is 0.771. The molecule has 0 heterocycles. The van der Waals surface area contributed by atoms with Gasteiger partial charge < -0.3 is 0 Å². The summed E-state index contributed by atoms with van der Waals surface area (Å²) in [6.45, 7) is -0.447.